The van der Waals surface area contributed by atoms with Crippen molar-refractivity contribution >= 4 is 11.8 Å². The highest BCUT2D eigenvalue weighted by Crippen LogP contribution is 2.13. The number of hydrogen-bond donors (Lipinski definition) is 3. The third kappa shape index (κ3) is 5.28. The van der Waals surface area contributed by atoms with E-state index in [9.17, 15) is 18.4 Å². The first-order valence-corrected chi connectivity index (χ1v) is 7.47. The Morgan fingerprint density at radius 2 is 1.70 bits per heavy atom. The van der Waals surface area contributed by atoms with E-state index >= 15 is 0 Å². The predicted octanol–water partition coefficient (Wildman–Crippen LogP) is 1.44. The Labute approximate surface area is 134 Å². The van der Waals surface area contributed by atoms with Crippen molar-refractivity contribution in [2.45, 2.75) is 32.9 Å². The summed E-state index contributed by atoms with van der Waals surface area (Å²) < 4.78 is 27.3. The molecular formula is C16H23F2N3O2. The zero-order valence-electron chi connectivity index (χ0n) is 13.7. The lowest BCUT2D eigenvalue weighted by atomic mass is 10.0. The SMILES string of the molecule is CNC(C)CNC(=O)C(NC(=O)c1c(F)cccc1F)C(C)C. The number of hydrogen-bond acceptors (Lipinski definition) is 3. The van der Waals surface area contributed by atoms with Crippen LogP contribution in [-0.2, 0) is 4.79 Å². The van der Waals surface area contributed by atoms with Gasteiger partial charge in [-0.05, 0) is 32.0 Å². The Bertz CT molecular complexity index is 544. The molecule has 0 aromatic heterocycles. The molecule has 0 saturated heterocycles. The largest absolute Gasteiger partial charge is 0.353 e. The molecule has 3 N–H and O–H groups in total. The number of rotatable bonds is 7. The fraction of sp³-hybridized carbons (Fsp3) is 0.500. The first kappa shape index (κ1) is 19.0. The normalized spacial score (nSPS) is 13.5. The van der Waals surface area contributed by atoms with Gasteiger partial charge in [0.1, 0.15) is 23.2 Å². The summed E-state index contributed by atoms with van der Waals surface area (Å²) in [5.74, 6) is -3.51. The minimum atomic E-state index is -0.964. The number of likely N-dealkylation sites (N-methyl/N-ethyl adjacent to an activating group) is 1. The Balaban J connectivity index is 2.83. The lowest BCUT2D eigenvalue weighted by molar-refractivity contribution is -0.124. The molecule has 0 aliphatic rings. The first-order chi connectivity index (χ1) is 10.8. The van der Waals surface area contributed by atoms with E-state index in [2.05, 4.69) is 16.0 Å². The second kappa shape index (κ2) is 8.57. The van der Waals surface area contributed by atoms with Crippen LogP contribution in [0.25, 0.3) is 0 Å². The summed E-state index contributed by atoms with van der Waals surface area (Å²) in [7, 11) is 1.76. The van der Waals surface area contributed by atoms with E-state index in [-0.39, 0.29) is 12.0 Å². The fourth-order valence-electron chi connectivity index (χ4n) is 1.93. The molecule has 0 fully saturated rings. The van der Waals surface area contributed by atoms with Gasteiger partial charge in [-0.2, -0.15) is 0 Å². The van der Waals surface area contributed by atoms with Crippen LogP contribution in [0.15, 0.2) is 18.2 Å². The molecule has 0 bridgehead atoms. The van der Waals surface area contributed by atoms with Crippen molar-refractivity contribution in [1.82, 2.24) is 16.0 Å². The first-order valence-electron chi connectivity index (χ1n) is 7.47. The lowest BCUT2D eigenvalue weighted by Gasteiger charge is -2.23. The van der Waals surface area contributed by atoms with Crippen molar-refractivity contribution in [3.05, 3.63) is 35.4 Å². The quantitative estimate of drug-likeness (QED) is 0.710. The van der Waals surface area contributed by atoms with Crippen LogP contribution >= 0.6 is 0 Å². The van der Waals surface area contributed by atoms with Gasteiger partial charge >= 0.3 is 0 Å². The molecule has 5 nitrogen and oxygen atoms in total. The molecule has 0 aliphatic carbocycles. The number of carbonyl (C=O) groups excluding carboxylic acids is 2. The molecule has 2 unspecified atom stereocenters. The zero-order valence-corrected chi connectivity index (χ0v) is 13.7. The van der Waals surface area contributed by atoms with Crippen LogP contribution < -0.4 is 16.0 Å². The molecule has 2 amide bonds. The van der Waals surface area contributed by atoms with E-state index in [4.69, 9.17) is 0 Å². The number of carbonyl (C=O) groups is 2. The Morgan fingerprint density at radius 3 is 2.17 bits per heavy atom. The summed E-state index contributed by atoms with van der Waals surface area (Å²) in [4.78, 5) is 24.3. The lowest BCUT2D eigenvalue weighted by Crippen LogP contribution is -2.51. The van der Waals surface area contributed by atoms with Gasteiger partial charge in [0.05, 0.1) is 0 Å². The van der Waals surface area contributed by atoms with Crippen LogP contribution in [0.1, 0.15) is 31.1 Å². The minimum absolute atomic E-state index is 0.0616. The van der Waals surface area contributed by atoms with Crippen LogP contribution in [0.3, 0.4) is 0 Å². The summed E-state index contributed by atoms with van der Waals surface area (Å²) in [6.07, 6.45) is 0. The van der Waals surface area contributed by atoms with Crippen LogP contribution in [-0.4, -0.2) is 37.5 Å². The van der Waals surface area contributed by atoms with Crippen molar-refractivity contribution in [1.29, 1.82) is 0 Å². The zero-order chi connectivity index (χ0) is 17.6. The van der Waals surface area contributed by atoms with Crippen LogP contribution in [0, 0.1) is 17.6 Å². The van der Waals surface area contributed by atoms with Gasteiger partial charge in [-0.3, -0.25) is 9.59 Å². The highest BCUT2D eigenvalue weighted by Gasteiger charge is 2.27. The van der Waals surface area contributed by atoms with Gasteiger partial charge < -0.3 is 16.0 Å². The Hall–Kier alpha value is -2.02. The third-order valence-corrected chi connectivity index (χ3v) is 3.50. The minimum Gasteiger partial charge on any atom is -0.353 e. The van der Waals surface area contributed by atoms with Crippen LogP contribution in [0.2, 0.25) is 0 Å². The molecule has 1 aromatic rings. The maximum atomic E-state index is 13.6. The molecule has 0 radical (unpaired) electrons. The molecule has 0 heterocycles. The van der Waals surface area contributed by atoms with Crippen molar-refractivity contribution in [3.8, 4) is 0 Å². The average molecular weight is 327 g/mol. The summed E-state index contributed by atoms with van der Waals surface area (Å²) in [6, 6.07) is 2.35. The number of amides is 2. The Morgan fingerprint density at radius 1 is 1.13 bits per heavy atom. The smallest absolute Gasteiger partial charge is 0.257 e. The monoisotopic (exact) mass is 327 g/mol. The van der Waals surface area contributed by atoms with Gasteiger partial charge in [0, 0.05) is 12.6 Å². The molecule has 1 rings (SSSR count). The van der Waals surface area contributed by atoms with Gasteiger partial charge in [0.2, 0.25) is 5.91 Å². The van der Waals surface area contributed by atoms with Crippen molar-refractivity contribution < 1.29 is 18.4 Å². The topological polar surface area (TPSA) is 70.2 Å². The summed E-state index contributed by atoms with van der Waals surface area (Å²) in [5.41, 5.74) is -0.686. The molecule has 7 heteroatoms. The molecule has 0 aliphatic heterocycles. The van der Waals surface area contributed by atoms with Crippen molar-refractivity contribution in [3.63, 3.8) is 0 Å². The summed E-state index contributed by atoms with van der Waals surface area (Å²) in [6.45, 7) is 5.74. The summed E-state index contributed by atoms with van der Waals surface area (Å²) >= 11 is 0. The fourth-order valence-corrected chi connectivity index (χ4v) is 1.93. The van der Waals surface area contributed by atoms with E-state index in [1.165, 1.54) is 6.07 Å². The van der Waals surface area contributed by atoms with E-state index in [0.717, 1.165) is 12.1 Å². The number of nitrogens with one attached hydrogen (secondary N) is 3. The van der Waals surface area contributed by atoms with Crippen LogP contribution in [0.4, 0.5) is 8.78 Å². The molecule has 2 atom stereocenters. The standard InChI is InChI=1S/C16H23F2N3O2/c1-9(2)14(16(23)20-8-10(3)19-4)21-15(22)13-11(17)6-5-7-12(13)18/h5-7,9-10,14,19H,8H2,1-4H3,(H,20,23)(H,21,22). The summed E-state index contributed by atoms with van der Waals surface area (Å²) in [5, 5.41) is 8.07. The van der Waals surface area contributed by atoms with Gasteiger partial charge in [-0.15, -0.1) is 0 Å². The second-order valence-electron chi connectivity index (χ2n) is 5.73. The highest BCUT2D eigenvalue weighted by molar-refractivity contribution is 5.98. The molecule has 0 saturated carbocycles. The molecule has 128 valence electrons. The maximum Gasteiger partial charge on any atom is 0.257 e. The second-order valence-corrected chi connectivity index (χ2v) is 5.73. The van der Waals surface area contributed by atoms with E-state index in [1.54, 1.807) is 20.9 Å². The molecule has 1 aromatic carbocycles. The maximum absolute atomic E-state index is 13.6. The Kier molecular flexibility index (Phi) is 7.09. The van der Waals surface area contributed by atoms with Gasteiger partial charge in [0.15, 0.2) is 0 Å². The van der Waals surface area contributed by atoms with Crippen molar-refractivity contribution in [2.24, 2.45) is 5.92 Å². The number of benzene rings is 1. The molecule has 0 spiro atoms. The molecule has 23 heavy (non-hydrogen) atoms. The molecular weight excluding hydrogens is 304 g/mol. The van der Waals surface area contributed by atoms with E-state index in [0.29, 0.717) is 6.54 Å². The van der Waals surface area contributed by atoms with Gasteiger partial charge in [-0.1, -0.05) is 19.9 Å². The van der Waals surface area contributed by atoms with E-state index < -0.39 is 35.1 Å². The van der Waals surface area contributed by atoms with E-state index in [1.807, 2.05) is 6.92 Å². The third-order valence-electron chi connectivity index (χ3n) is 3.50. The average Bonchev–Trinajstić information content (AvgIpc) is 2.49. The number of halogens is 2. The van der Waals surface area contributed by atoms with Crippen LogP contribution in [0.5, 0.6) is 0 Å². The highest BCUT2D eigenvalue weighted by atomic mass is 19.1. The van der Waals surface area contributed by atoms with Crippen molar-refractivity contribution in [2.75, 3.05) is 13.6 Å². The predicted molar refractivity (Wildman–Crippen MR) is 84.0 cm³/mol. The van der Waals surface area contributed by atoms with Gasteiger partial charge in [-0.25, -0.2) is 8.78 Å². The van der Waals surface area contributed by atoms with Gasteiger partial charge in [0.25, 0.3) is 5.91 Å².